The first-order valence-corrected chi connectivity index (χ1v) is 8.81. The van der Waals surface area contributed by atoms with Gasteiger partial charge in [-0.15, -0.1) is 0 Å². The maximum atomic E-state index is 12.7. The third-order valence-corrected chi connectivity index (χ3v) is 5.79. The highest BCUT2D eigenvalue weighted by molar-refractivity contribution is 7.91. The zero-order valence-electron chi connectivity index (χ0n) is 13.3. The van der Waals surface area contributed by atoms with E-state index in [0.717, 1.165) is 5.56 Å². The van der Waals surface area contributed by atoms with Crippen LogP contribution in [0.25, 0.3) is 0 Å². The molecule has 7 heteroatoms. The van der Waals surface area contributed by atoms with Crippen molar-refractivity contribution in [1.82, 2.24) is 4.90 Å². The molecule has 1 aromatic carbocycles. The largest absolute Gasteiger partial charge is 0.493 e. The standard InChI is InChI=1S/C15H21NO5S/c1-10-7-13(20-3)14(21-4)8-12(10)15(17)16(2)11-5-6-22(18,19)9-11/h7-8,11H,5-6,9H2,1-4H3. The van der Waals surface area contributed by atoms with Gasteiger partial charge in [-0.25, -0.2) is 8.42 Å². The number of rotatable bonds is 4. The average molecular weight is 327 g/mol. The maximum Gasteiger partial charge on any atom is 0.254 e. The van der Waals surface area contributed by atoms with E-state index in [-0.39, 0.29) is 23.5 Å². The van der Waals surface area contributed by atoms with Gasteiger partial charge in [-0.3, -0.25) is 4.79 Å². The van der Waals surface area contributed by atoms with Crippen molar-refractivity contribution in [3.63, 3.8) is 0 Å². The Morgan fingerprint density at radius 2 is 1.82 bits per heavy atom. The van der Waals surface area contributed by atoms with Gasteiger partial charge in [-0.2, -0.15) is 0 Å². The van der Waals surface area contributed by atoms with Gasteiger partial charge in [0, 0.05) is 18.7 Å². The Morgan fingerprint density at radius 1 is 1.23 bits per heavy atom. The van der Waals surface area contributed by atoms with E-state index in [1.165, 1.54) is 19.1 Å². The second-order valence-electron chi connectivity index (χ2n) is 5.50. The number of benzene rings is 1. The molecule has 1 aliphatic heterocycles. The summed E-state index contributed by atoms with van der Waals surface area (Å²) in [5.74, 6) is 0.994. The molecular weight excluding hydrogens is 306 g/mol. The highest BCUT2D eigenvalue weighted by Gasteiger charge is 2.33. The lowest BCUT2D eigenvalue weighted by Gasteiger charge is -2.24. The summed E-state index contributed by atoms with van der Waals surface area (Å²) in [5.41, 5.74) is 1.25. The van der Waals surface area contributed by atoms with Crippen LogP contribution in [0.4, 0.5) is 0 Å². The van der Waals surface area contributed by atoms with Crippen LogP contribution < -0.4 is 9.47 Å². The second-order valence-corrected chi connectivity index (χ2v) is 7.72. The van der Waals surface area contributed by atoms with Gasteiger partial charge in [0.25, 0.3) is 5.91 Å². The van der Waals surface area contributed by atoms with Crippen LogP contribution in [0.2, 0.25) is 0 Å². The van der Waals surface area contributed by atoms with Gasteiger partial charge < -0.3 is 14.4 Å². The van der Waals surface area contributed by atoms with E-state index in [0.29, 0.717) is 23.5 Å². The molecule has 0 radical (unpaired) electrons. The van der Waals surface area contributed by atoms with Gasteiger partial charge >= 0.3 is 0 Å². The molecule has 1 amide bonds. The molecule has 6 nitrogen and oxygen atoms in total. The molecule has 0 spiro atoms. The zero-order chi connectivity index (χ0) is 16.5. The normalized spacial score (nSPS) is 19.7. The van der Waals surface area contributed by atoms with Gasteiger partial charge in [0.2, 0.25) is 0 Å². The summed E-state index contributed by atoms with van der Waals surface area (Å²) in [6, 6.07) is 3.10. The molecule has 2 rings (SSSR count). The molecular formula is C15H21NO5S. The molecule has 1 heterocycles. The second kappa shape index (κ2) is 6.16. The molecule has 1 aliphatic rings. The molecule has 1 fully saturated rings. The number of ether oxygens (including phenoxy) is 2. The minimum Gasteiger partial charge on any atom is -0.493 e. The van der Waals surface area contributed by atoms with Crippen LogP contribution in [0.15, 0.2) is 12.1 Å². The minimum atomic E-state index is -3.03. The van der Waals surface area contributed by atoms with Crippen molar-refractivity contribution in [2.45, 2.75) is 19.4 Å². The lowest BCUT2D eigenvalue weighted by molar-refractivity contribution is 0.0746. The summed E-state index contributed by atoms with van der Waals surface area (Å²) in [6.07, 6.45) is 0.483. The van der Waals surface area contributed by atoms with E-state index < -0.39 is 9.84 Å². The third-order valence-electron chi connectivity index (χ3n) is 4.04. The number of hydrogen-bond donors (Lipinski definition) is 0. The van der Waals surface area contributed by atoms with Crippen molar-refractivity contribution in [2.24, 2.45) is 0 Å². The van der Waals surface area contributed by atoms with Crippen LogP contribution in [-0.4, -0.2) is 58.0 Å². The summed E-state index contributed by atoms with van der Waals surface area (Å²) in [6.45, 7) is 1.81. The first-order chi connectivity index (χ1) is 10.3. The fourth-order valence-corrected chi connectivity index (χ4v) is 4.42. The summed E-state index contributed by atoms with van der Waals surface area (Å²) >= 11 is 0. The Bertz CT molecular complexity index is 683. The van der Waals surface area contributed by atoms with E-state index in [1.54, 1.807) is 19.2 Å². The number of amides is 1. The number of carbonyl (C=O) groups excluding carboxylic acids is 1. The highest BCUT2D eigenvalue weighted by atomic mass is 32.2. The number of aryl methyl sites for hydroxylation is 1. The lowest BCUT2D eigenvalue weighted by Crippen LogP contribution is -2.38. The summed E-state index contributed by atoms with van der Waals surface area (Å²) in [5, 5.41) is 0. The van der Waals surface area contributed by atoms with Gasteiger partial charge in [0.05, 0.1) is 25.7 Å². The fraction of sp³-hybridized carbons (Fsp3) is 0.533. The Morgan fingerprint density at radius 3 is 2.32 bits per heavy atom. The molecule has 22 heavy (non-hydrogen) atoms. The van der Waals surface area contributed by atoms with Crippen LogP contribution in [0.3, 0.4) is 0 Å². The number of nitrogens with zero attached hydrogens (tertiary/aromatic N) is 1. The quantitative estimate of drug-likeness (QED) is 0.833. The van der Waals surface area contributed by atoms with Crippen molar-refractivity contribution in [1.29, 1.82) is 0 Å². The minimum absolute atomic E-state index is 0.0293. The third kappa shape index (κ3) is 3.19. The summed E-state index contributed by atoms with van der Waals surface area (Å²) in [7, 11) is 1.66. The molecule has 1 atom stereocenters. The van der Waals surface area contributed by atoms with E-state index in [9.17, 15) is 13.2 Å². The SMILES string of the molecule is COc1cc(C)c(C(=O)N(C)C2CCS(=O)(=O)C2)cc1OC. The van der Waals surface area contributed by atoms with E-state index in [4.69, 9.17) is 9.47 Å². The van der Waals surface area contributed by atoms with E-state index in [1.807, 2.05) is 6.92 Å². The average Bonchev–Trinajstić information content (AvgIpc) is 2.85. The van der Waals surface area contributed by atoms with Crippen LogP contribution in [0.1, 0.15) is 22.3 Å². The van der Waals surface area contributed by atoms with Gasteiger partial charge in [0.1, 0.15) is 0 Å². The molecule has 0 aliphatic carbocycles. The first kappa shape index (κ1) is 16.6. The van der Waals surface area contributed by atoms with Crippen molar-refractivity contribution >= 4 is 15.7 Å². The number of carbonyl (C=O) groups is 1. The van der Waals surface area contributed by atoms with Crippen molar-refractivity contribution in [3.8, 4) is 11.5 Å². The zero-order valence-corrected chi connectivity index (χ0v) is 14.1. The number of hydrogen-bond acceptors (Lipinski definition) is 5. The van der Waals surface area contributed by atoms with Crippen molar-refractivity contribution < 1.29 is 22.7 Å². The van der Waals surface area contributed by atoms with Crippen LogP contribution >= 0.6 is 0 Å². The van der Waals surface area contributed by atoms with Gasteiger partial charge in [-0.1, -0.05) is 0 Å². The van der Waals surface area contributed by atoms with Gasteiger partial charge in [0.15, 0.2) is 21.3 Å². The molecule has 1 saturated heterocycles. The Labute approximate surface area is 130 Å². The van der Waals surface area contributed by atoms with Crippen LogP contribution in [-0.2, 0) is 9.84 Å². The lowest BCUT2D eigenvalue weighted by atomic mass is 10.1. The van der Waals surface area contributed by atoms with E-state index in [2.05, 4.69) is 0 Å². The number of methoxy groups -OCH3 is 2. The van der Waals surface area contributed by atoms with Gasteiger partial charge in [-0.05, 0) is 31.0 Å². The molecule has 122 valence electrons. The first-order valence-electron chi connectivity index (χ1n) is 6.99. The predicted molar refractivity (Wildman–Crippen MR) is 83.4 cm³/mol. The van der Waals surface area contributed by atoms with Crippen molar-refractivity contribution in [3.05, 3.63) is 23.3 Å². The highest BCUT2D eigenvalue weighted by Crippen LogP contribution is 2.31. The molecule has 0 saturated carbocycles. The molecule has 0 aromatic heterocycles. The maximum absolute atomic E-state index is 12.7. The molecule has 0 N–H and O–H groups in total. The van der Waals surface area contributed by atoms with Crippen molar-refractivity contribution in [2.75, 3.05) is 32.8 Å². The molecule has 1 unspecified atom stereocenters. The monoisotopic (exact) mass is 327 g/mol. The Hall–Kier alpha value is -1.76. The summed E-state index contributed by atoms with van der Waals surface area (Å²) < 4.78 is 33.6. The summed E-state index contributed by atoms with van der Waals surface area (Å²) in [4.78, 5) is 14.2. The van der Waals surface area contributed by atoms with E-state index >= 15 is 0 Å². The fourth-order valence-electron chi connectivity index (χ4n) is 2.65. The molecule has 1 aromatic rings. The predicted octanol–water partition coefficient (Wildman–Crippen LogP) is 1.27. The smallest absolute Gasteiger partial charge is 0.254 e. The Kier molecular flexibility index (Phi) is 4.65. The number of sulfone groups is 1. The van der Waals surface area contributed by atoms with Crippen LogP contribution in [0, 0.1) is 6.92 Å². The molecule has 0 bridgehead atoms. The topological polar surface area (TPSA) is 72.9 Å². The van der Waals surface area contributed by atoms with Crippen LogP contribution in [0.5, 0.6) is 11.5 Å². The Balaban J connectivity index is 2.29.